The monoisotopic (exact) mass is 183 g/mol. The van der Waals surface area contributed by atoms with Gasteiger partial charge in [-0.25, -0.2) is 0 Å². The molecule has 13 heavy (non-hydrogen) atoms. The fraction of sp³-hybridized carbons (Fsp3) is 0.625. The number of hydrogen-bond acceptors (Lipinski definition) is 3. The SMILES string of the molecule is O=C(O)C1(C(=O)O)CC2C=NCC21. The number of nitrogens with zero attached hydrogens (tertiary/aromatic N) is 1. The van der Waals surface area contributed by atoms with E-state index in [0.717, 1.165) is 0 Å². The number of carboxylic acid groups (broad SMARTS) is 2. The Morgan fingerprint density at radius 3 is 2.46 bits per heavy atom. The van der Waals surface area contributed by atoms with E-state index in [1.54, 1.807) is 6.21 Å². The molecule has 0 aromatic carbocycles. The topological polar surface area (TPSA) is 87.0 Å². The lowest BCUT2D eigenvalue weighted by Gasteiger charge is -2.44. The molecule has 0 radical (unpaired) electrons. The zero-order valence-electron chi connectivity index (χ0n) is 6.80. The van der Waals surface area contributed by atoms with Crippen LogP contribution in [-0.4, -0.2) is 34.9 Å². The van der Waals surface area contributed by atoms with Crippen molar-refractivity contribution in [3.8, 4) is 0 Å². The van der Waals surface area contributed by atoms with Gasteiger partial charge in [-0.05, 0) is 6.42 Å². The third-order valence-electron chi connectivity index (χ3n) is 3.07. The summed E-state index contributed by atoms with van der Waals surface area (Å²) >= 11 is 0. The highest BCUT2D eigenvalue weighted by molar-refractivity contribution is 6.01. The number of aliphatic carboxylic acids is 2. The second-order valence-corrected chi connectivity index (χ2v) is 3.57. The van der Waals surface area contributed by atoms with Crippen molar-refractivity contribution in [3.05, 3.63) is 0 Å². The first-order valence-corrected chi connectivity index (χ1v) is 4.06. The van der Waals surface area contributed by atoms with Gasteiger partial charge < -0.3 is 10.2 Å². The van der Waals surface area contributed by atoms with Gasteiger partial charge >= 0.3 is 11.9 Å². The largest absolute Gasteiger partial charge is 0.480 e. The van der Waals surface area contributed by atoms with Crippen LogP contribution in [-0.2, 0) is 9.59 Å². The molecule has 1 fully saturated rings. The number of hydrogen-bond donors (Lipinski definition) is 2. The summed E-state index contributed by atoms with van der Waals surface area (Å²) in [5.41, 5.74) is -1.57. The van der Waals surface area contributed by atoms with E-state index < -0.39 is 17.4 Å². The molecule has 5 heteroatoms. The lowest BCUT2D eigenvalue weighted by Crippen LogP contribution is -2.57. The third-order valence-corrected chi connectivity index (χ3v) is 3.07. The van der Waals surface area contributed by atoms with Gasteiger partial charge in [-0.3, -0.25) is 14.6 Å². The smallest absolute Gasteiger partial charge is 0.321 e. The normalized spacial score (nSPS) is 33.5. The number of aliphatic imine (C=N–C) groups is 1. The van der Waals surface area contributed by atoms with Gasteiger partial charge in [0.2, 0.25) is 0 Å². The van der Waals surface area contributed by atoms with Crippen LogP contribution in [0.2, 0.25) is 0 Å². The third kappa shape index (κ3) is 0.787. The van der Waals surface area contributed by atoms with Gasteiger partial charge in [-0.2, -0.15) is 0 Å². The van der Waals surface area contributed by atoms with Crippen molar-refractivity contribution in [2.24, 2.45) is 22.2 Å². The fourth-order valence-corrected chi connectivity index (χ4v) is 2.21. The van der Waals surface area contributed by atoms with Crippen molar-refractivity contribution in [3.63, 3.8) is 0 Å². The van der Waals surface area contributed by atoms with Crippen LogP contribution in [0, 0.1) is 17.3 Å². The highest BCUT2D eigenvalue weighted by atomic mass is 16.4. The molecule has 1 heterocycles. The number of fused-ring (bicyclic) bond motifs is 1. The van der Waals surface area contributed by atoms with Gasteiger partial charge in [0.15, 0.2) is 5.41 Å². The van der Waals surface area contributed by atoms with Crippen LogP contribution >= 0.6 is 0 Å². The summed E-state index contributed by atoms with van der Waals surface area (Å²) in [5, 5.41) is 17.7. The lowest BCUT2D eigenvalue weighted by molar-refractivity contribution is -0.180. The summed E-state index contributed by atoms with van der Waals surface area (Å²) in [7, 11) is 0. The Morgan fingerprint density at radius 2 is 2.00 bits per heavy atom. The molecule has 2 aliphatic rings. The molecule has 0 amide bonds. The summed E-state index contributed by atoms with van der Waals surface area (Å²) in [5.74, 6) is -2.73. The first-order valence-electron chi connectivity index (χ1n) is 4.06. The minimum Gasteiger partial charge on any atom is -0.480 e. The van der Waals surface area contributed by atoms with E-state index in [1.807, 2.05) is 0 Å². The van der Waals surface area contributed by atoms with Crippen LogP contribution in [0.15, 0.2) is 4.99 Å². The quantitative estimate of drug-likeness (QED) is 0.583. The Labute approximate surface area is 74.1 Å². The molecule has 0 aromatic heterocycles. The molecule has 2 rings (SSSR count). The number of carboxylic acids is 2. The van der Waals surface area contributed by atoms with E-state index in [4.69, 9.17) is 10.2 Å². The maximum atomic E-state index is 10.9. The highest BCUT2D eigenvalue weighted by Crippen LogP contribution is 2.53. The van der Waals surface area contributed by atoms with Crippen molar-refractivity contribution < 1.29 is 19.8 Å². The Hall–Kier alpha value is -1.39. The van der Waals surface area contributed by atoms with Crippen molar-refractivity contribution in [1.82, 2.24) is 0 Å². The van der Waals surface area contributed by atoms with Gasteiger partial charge in [0.25, 0.3) is 0 Å². The van der Waals surface area contributed by atoms with E-state index in [9.17, 15) is 9.59 Å². The van der Waals surface area contributed by atoms with E-state index >= 15 is 0 Å². The Balaban J connectivity index is 2.29. The van der Waals surface area contributed by atoms with Crippen LogP contribution in [0.25, 0.3) is 0 Å². The molecule has 0 bridgehead atoms. The molecule has 0 aromatic rings. The zero-order valence-corrected chi connectivity index (χ0v) is 6.80. The molecule has 0 spiro atoms. The minimum atomic E-state index is -1.57. The van der Waals surface area contributed by atoms with Crippen LogP contribution in [0.1, 0.15) is 6.42 Å². The summed E-state index contributed by atoms with van der Waals surface area (Å²) in [6, 6.07) is 0. The summed E-state index contributed by atoms with van der Waals surface area (Å²) < 4.78 is 0. The molecule has 2 N–H and O–H groups in total. The van der Waals surface area contributed by atoms with Crippen molar-refractivity contribution in [1.29, 1.82) is 0 Å². The predicted molar refractivity (Wildman–Crippen MR) is 42.7 cm³/mol. The van der Waals surface area contributed by atoms with Crippen LogP contribution < -0.4 is 0 Å². The maximum absolute atomic E-state index is 10.9. The van der Waals surface area contributed by atoms with Gasteiger partial charge in [0.05, 0.1) is 0 Å². The minimum absolute atomic E-state index is 0.0622. The van der Waals surface area contributed by atoms with Gasteiger partial charge in [0.1, 0.15) is 0 Å². The van der Waals surface area contributed by atoms with Gasteiger partial charge in [-0.15, -0.1) is 0 Å². The second-order valence-electron chi connectivity index (χ2n) is 3.57. The number of carbonyl (C=O) groups is 2. The second kappa shape index (κ2) is 2.31. The van der Waals surface area contributed by atoms with E-state index in [1.165, 1.54) is 0 Å². The summed E-state index contributed by atoms with van der Waals surface area (Å²) in [4.78, 5) is 25.6. The Bertz CT molecular complexity index is 295. The summed E-state index contributed by atoms with van der Waals surface area (Å²) in [6.45, 7) is 0.337. The molecule has 2 unspecified atom stereocenters. The fourth-order valence-electron chi connectivity index (χ4n) is 2.21. The van der Waals surface area contributed by atoms with Gasteiger partial charge in [-0.1, -0.05) is 0 Å². The van der Waals surface area contributed by atoms with Crippen LogP contribution in [0.4, 0.5) is 0 Å². The predicted octanol–water partition coefficient (Wildman–Crippen LogP) is -0.137. The van der Waals surface area contributed by atoms with Crippen molar-refractivity contribution in [2.75, 3.05) is 6.54 Å². The van der Waals surface area contributed by atoms with Crippen LogP contribution in [0.5, 0.6) is 0 Å². The lowest BCUT2D eigenvalue weighted by atomic mass is 9.55. The Kier molecular flexibility index (Phi) is 1.46. The average Bonchev–Trinajstić information content (AvgIpc) is 2.32. The molecule has 70 valence electrons. The molecule has 1 saturated carbocycles. The first kappa shape index (κ1) is 8.22. The number of rotatable bonds is 2. The molecular formula is C8H9NO4. The van der Waals surface area contributed by atoms with E-state index in [0.29, 0.717) is 6.54 Å². The first-order chi connectivity index (χ1) is 6.09. The molecule has 1 aliphatic heterocycles. The van der Waals surface area contributed by atoms with Crippen molar-refractivity contribution >= 4 is 18.2 Å². The van der Waals surface area contributed by atoms with E-state index in [-0.39, 0.29) is 18.3 Å². The maximum Gasteiger partial charge on any atom is 0.321 e. The average molecular weight is 183 g/mol. The summed E-state index contributed by atoms with van der Waals surface area (Å²) in [6.07, 6.45) is 1.86. The Morgan fingerprint density at radius 1 is 1.38 bits per heavy atom. The van der Waals surface area contributed by atoms with E-state index in [2.05, 4.69) is 4.99 Å². The molecule has 2 atom stereocenters. The zero-order chi connectivity index (χ0) is 9.64. The molecular weight excluding hydrogens is 174 g/mol. The van der Waals surface area contributed by atoms with Gasteiger partial charge in [0, 0.05) is 24.6 Å². The molecule has 0 saturated heterocycles. The molecule has 1 aliphatic carbocycles. The molecule has 5 nitrogen and oxygen atoms in total. The highest BCUT2D eigenvalue weighted by Gasteiger charge is 2.65. The van der Waals surface area contributed by atoms with Crippen LogP contribution in [0.3, 0.4) is 0 Å². The standard InChI is InChI=1S/C8H9NO4/c10-6(11)8(7(12)13)1-4-2-9-3-5(4)8/h2,4-5H,1,3H2,(H,10,11)(H,12,13). The van der Waals surface area contributed by atoms with Crippen molar-refractivity contribution in [2.45, 2.75) is 6.42 Å².